The Labute approximate surface area is 112 Å². The van der Waals surface area contributed by atoms with Gasteiger partial charge in [0.25, 0.3) is 0 Å². The van der Waals surface area contributed by atoms with Gasteiger partial charge in [-0.15, -0.1) is 0 Å². The molecule has 1 saturated carbocycles. The monoisotopic (exact) mass is 257 g/mol. The van der Waals surface area contributed by atoms with Gasteiger partial charge in [0, 0.05) is 31.5 Å². The fraction of sp³-hybridized carbons (Fsp3) is 0.571. The summed E-state index contributed by atoms with van der Waals surface area (Å²) in [5, 5.41) is 7.73. The zero-order valence-electron chi connectivity index (χ0n) is 11.0. The van der Waals surface area contributed by atoms with Crippen LogP contribution in [0, 0.1) is 5.92 Å². The summed E-state index contributed by atoms with van der Waals surface area (Å²) >= 11 is 0. The van der Waals surface area contributed by atoms with E-state index < -0.39 is 0 Å². The van der Waals surface area contributed by atoms with Crippen LogP contribution in [0.5, 0.6) is 0 Å². The molecule has 1 aliphatic heterocycles. The van der Waals surface area contributed by atoms with E-state index in [-0.39, 0.29) is 0 Å². The normalized spacial score (nSPS) is 24.1. The Morgan fingerprint density at radius 3 is 3.11 bits per heavy atom. The summed E-state index contributed by atoms with van der Waals surface area (Å²) in [6, 6.07) is 2.90. The van der Waals surface area contributed by atoms with Crippen LogP contribution in [0.1, 0.15) is 19.3 Å². The van der Waals surface area contributed by atoms with Crippen LogP contribution in [0.25, 0.3) is 5.52 Å². The molecule has 1 atom stereocenters. The molecule has 2 fully saturated rings. The lowest BCUT2D eigenvalue weighted by Gasteiger charge is -2.15. The van der Waals surface area contributed by atoms with Gasteiger partial charge in [-0.2, -0.15) is 5.10 Å². The number of nitrogens with one attached hydrogen (secondary N) is 1. The maximum absolute atomic E-state index is 4.42. The quantitative estimate of drug-likeness (QED) is 0.904. The number of rotatable bonds is 4. The van der Waals surface area contributed by atoms with Gasteiger partial charge in [-0.3, -0.25) is 0 Å². The third-order valence-corrected chi connectivity index (χ3v) is 4.26. The summed E-state index contributed by atoms with van der Waals surface area (Å²) in [6.45, 7) is 3.54. The largest absolute Gasteiger partial charge is 0.368 e. The van der Waals surface area contributed by atoms with Crippen molar-refractivity contribution in [2.24, 2.45) is 5.92 Å². The molecule has 1 aliphatic carbocycles. The molecule has 2 aromatic heterocycles. The van der Waals surface area contributed by atoms with Crippen LogP contribution in [0.4, 0.5) is 5.82 Å². The van der Waals surface area contributed by atoms with Crippen molar-refractivity contribution in [3.05, 3.63) is 24.7 Å². The highest BCUT2D eigenvalue weighted by atomic mass is 15.2. The Balaban J connectivity index is 1.40. The second kappa shape index (κ2) is 4.49. The summed E-state index contributed by atoms with van der Waals surface area (Å²) in [5.74, 6) is 1.70. The molecule has 1 saturated heterocycles. The molecule has 4 rings (SSSR count). The molecule has 100 valence electrons. The summed E-state index contributed by atoms with van der Waals surface area (Å²) in [7, 11) is 0. The van der Waals surface area contributed by atoms with E-state index in [0.717, 1.165) is 29.8 Å². The summed E-state index contributed by atoms with van der Waals surface area (Å²) in [5.41, 5.74) is 1.06. The third kappa shape index (κ3) is 2.18. The van der Waals surface area contributed by atoms with E-state index in [9.17, 15) is 0 Å². The molecule has 0 radical (unpaired) electrons. The van der Waals surface area contributed by atoms with Gasteiger partial charge in [-0.05, 0) is 37.8 Å². The van der Waals surface area contributed by atoms with Crippen LogP contribution in [0.2, 0.25) is 0 Å². The molecule has 0 aromatic carbocycles. The van der Waals surface area contributed by atoms with Crippen molar-refractivity contribution >= 4 is 11.3 Å². The number of likely N-dealkylation sites (tertiary alicyclic amines) is 1. The Bertz CT molecular complexity index is 574. The van der Waals surface area contributed by atoms with E-state index in [0.29, 0.717) is 0 Å². The predicted octanol–water partition coefficient (Wildman–Crippen LogP) is 1.63. The number of hydrogen-bond donors (Lipinski definition) is 1. The number of anilines is 1. The summed E-state index contributed by atoms with van der Waals surface area (Å²) in [4.78, 5) is 7.07. The van der Waals surface area contributed by atoms with Crippen LogP contribution in [0.15, 0.2) is 24.7 Å². The number of aromatic nitrogens is 3. The highest BCUT2D eigenvalue weighted by Gasteiger charge is 2.34. The topological polar surface area (TPSA) is 45.5 Å². The van der Waals surface area contributed by atoms with E-state index in [1.807, 2.05) is 23.0 Å². The summed E-state index contributed by atoms with van der Waals surface area (Å²) < 4.78 is 1.86. The Hall–Kier alpha value is -1.62. The lowest BCUT2D eigenvalue weighted by atomic mass is 10.1. The molecular formula is C14H19N5. The van der Waals surface area contributed by atoms with Crippen molar-refractivity contribution in [3.63, 3.8) is 0 Å². The number of hydrogen-bond acceptors (Lipinski definition) is 4. The smallest absolute Gasteiger partial charge is 0.152 e. The molecule has 19 heavy (non-hydrogen) atoms. The molecular weight excluding hydrogens is 238 g/mol. The van der Waals surface area contributed by atoms with Crippen molar-refractivity contribution in [1.82, 2.24) is 19.5 Å². The first-order valence-electron chi connectivity index (χ1n) is 7.16. The lowest BCUT2D eigenvalue weighted by Crippen LogP contribution is -2.25. The molecule has 5 heteroatoms. The van der Waals surface area contributed by atoms with Crippen molar-refractivity contribution in [2.75, 3.05) is 25.0 Å². The average molecular weight is 257 g/mol. The van der Waals surface area contributed by atoms with Crippen molar-refractivity contribution in [3.8, 4) is 0 Å². The lowest BCUT2D eigenvalue weighted by molar-refractivity contribution is 0.316. The van der Waals surface area contributed by atoms with Crippen LogP contribution in [0.3, 0.4) is 0 Å². The first kappa shape index (κ1) is 11.2. The third-order valence-electron chi connectivity index (χ3n) is 4.26. The van der Waals surface area contributed by atoms with Crippen molar-refractivity contribution < 1.29 is 0 Å². The van der Waals surface area contributed by atoms with Gasteiger partial charge in [-0.25, -0.2) is 9.50 Å². The SMILES string of the molecule is c1cn2nccc2c(NCC2CCN(C3CC3)C2)n1. The van der Waals surface area contributed by atoms with Crippen molar-refractivity contribution in [1.29, 1.82) is 0 Å². The predicted molar refractivity (Wildman–Crippen MR) is 74.2 cm³/mol. The Morgan fingerprint density at radius 2 is 2.21 bits per heavy atom. The van der Waals surface area contributed by atoms with E-state index in [1.165, 1.54) is 32.4 Å². The summed E-state index contributed by atoms with van der Waals surface area (Å²) in [6.07, 6.45) is 9.63. The molecule has 1 N–H and O–H groups in total. The molecule has 0 spiro atoms. The molecule has 2 aromatic rings. The molecule has 5 nitrogen and oxygen atoms in total. The van der Waals surface area contributed by atoms with Gasteiger partial charge < -0.3 is 10.2 Å². The second-order valence-electron chi connectivity index (χ2n) is 5.70. The molecule has 2 aliphatic rings. The van der Waals surface area contributed by atoms with Gasteiger partial charge >= 0.3 is 0 Å². The van der Waals surface area contributed by atoms with Crippen LogP contribution in [-0.2, 0) is 0 Å². The zero-order chi connectivity index (χ0) is 12.7. The van der Waals surface area contributed by atoms with E-state index in [1.54, 1.807) is 6.20 Å². The minimum atomic E-state index is 0.755. The fourth-order valence-corrected chi connectivity index (χ4v) is 3.04. The molecule has 0 amide bonds. The molecule has 1 unspecified atom stereocenters. The Kier molecular flexibility index (Phi) is 2.65. The maximum atomic E-state index is 4.42. The molecule has 0 bridgehead atoms. The van der Waals surface area contributed by atoms with Gasteiger partial charge in [0.05, 0.1) is 6.20 Å². The van der Waals surface area contributed by atoms with E-state index in [2.05, 4.69) is 20.3 Å². The minimum Gasteiger partial charge on any atom is -0.368 e. The Morgan fingerprint density at radius 1 is 1.26 bits per heavy atom. The minimum absolute atomic E-state index is 0.755. The van der Waals surface area contributed by atoms with Gasteiger partial charge in [0.2, 0.25) is 0 Å². The standard InChI is InChI=1S/C14H19N5/c1-2-12(1)18-7-4-11(10-18)9-16-14-13-3-5-17-19(13)8-6-15-14/h3,5-6,8,11-12H,1-2,4,7,9-10H2,(H,15,16). The second-order valence-corrected chi connectivity index (χ2v) is 5.70. The first-order chi connectivity index (χ1) is 9.40. The highest BCUT2D eigenvalue weighted by Crippen LogP contribution is 2.31. The number of fused-ring (bicyclic) bond motifs is 1. The van der Waals surface area contributed by atoms with Gasteiger partial charge in [0.15, 0.2) is 5.82 Å². The highest BCUT2D eigenvalue weighted by molar-refractivity contribution is 5.66. The molecule has 3 heterocycles. The zero-order valence-corrected chi connectivity index (χ0v) is 11.0. The van der Waals surface area contributed by atoms with Crippen LogP contribution in [-0.4, -0.2) is 45.2 Å². The van der Waals surface area contributed by atoms with Gasteiger partial charge in [-0.1, -0.05) is 0 Å². The van der Waals surface area contributed by atoms with Gasteiger partial charge in [0.1, 0.15) is 5.52 Å². The number of nitrogens with zero attached hydrogens (tertiary/aromatic N) is 4. The fourth-order valence-electron chi connectivity index (χ4n) is 3.04. The first-order valence-corrected chi connectivity index (χ1v) is 7.16. The van der Waals surface area contributed by atoms with Crippen molar-refractivity contribution in [2.45, 2.75) is 25.3 Å². The average Bonchev–Trinajstić information content (AvgIpc) is 3.00. The van der Waals surface area contributed by atoms with E-state index in [4.69, 9.17) is 0 Å². The van der Waals surface area contributed by atoms with Crippen LogP contribution >= 0.6 is 0 Å². The van der Waals surface area contributed by atoms with Crippen LogP contribution < -0.4 is 5.32 Å². The maximum Gasteiger partial charge on any atom is 0.152 e. The van der Waals surface area contributed by atoms with E-state index >= 15 is 0 Å².